The molecule has 0 saturated heterocycles. The average Bonchev–Trinajstić information content (AvgIpc) is 3.10. The fourth-order valence-electron chi connectivity index (χ4n) is 3.62. The van der Waals surface area contributed by atoms with Gasteiger partial charge in [-0.1, -0.05) is 26.2 Å². The third-order valence-corrected chi connectivity index (χ3v) is 5.00. The number of amides is 1. The SMILES string of the molecule is CCCCCNC(=NCC(=O)N(C)C)NC1CC2CCC1C2. The smallest absolute Gasteiger partial charge is 0.243 e. The summed E-state index contributed by atoms with van der Waals surface area (Å²) in [5, 5.41) is 6.99. The first-order valence-corrected chi connectivity index (χ1v) is 8.85. The first kappa shape index (κ1) is 17.1. The summed E-state index contributed by atoms with van der Waals surface area (Å²) in [7, 11) is 3.55. The molecule has 2 bridgehead atoms. The molecule has 2 fully saturated rings. The molecule has 126 valence electrons. The summed E-state index contributed by atoms with van der Waals surface area (Å²) in [6.07, 6.45) is 8.98. The molecule has 3 atom stereocenters. The van der Waals surface area contributed by atoms with Crippen LogP contribution in [-0.2, 0) is 4.79 Å². The van der Waals surface area contributed by atoms with E-state index in [2.05, 4.69) is 22.5 Å². The summed E-state index contributed by atoms with van der Waals surface area (Å²) >= 11 is 0. The van der Waals surface area contributed by atoms with E-state index in [1.54, 1.807) is 19.0 Å². The summed E-state index contributed by atoms with van der Waals surface area (Å²) in [6.45, 7) is 3.35. The van der Waals surface area contributed by atoms with Crippen LogP contribution in [0.15, 0.2) is 4.99 Å². The van der Waals surface area contributed by atoms with E-state index in [0.717, 1.165) is 30.8 Å². The third-order valence-electron chi connectivity index (χ3n) is 5.00. The fourth-order valence-corrected chi connectivity index (χ4v) is 3.62. The second kappa shape index (κ2) is 8.39. The number of rotatable bonds is 7. The Morgan fingerprint density at radius 1 is 1.23 bits per heavy atom. The van der Waals surface area contributed by atoms with Gasteiger partial charge in [0.2, 0.25) is 5.91 Å². The molecule has 5 nitrogen and oxygen atoms in total. The number of carbonyl (C=O) groups is 1. The van der Waals surface area contributed by atoms with Gasteiger partial charge >= 0.3 is 0 Å². The Bertz CT molecular complexity index is 394. The molecule has 0 aromatic carbocycles. The Hall–Kier alpha value is -1.26. The molecule has 1 amide bonds. The van der Waals surface area contributed by atoms with Crippen molar-refractivity contribution in [3.63, 3.8) is 0 Å². The molecule has 3 unspecified atom stereocenters. The van der Waals surface area contributed by atoms with Gasteiger partial charge in [0.1, 0.15) is 6.54 Å². The average molecular weight is 308 g/mol. The molecular weight excluding hydrogens is 276 g/mol. The molecule has 2 aliphatic rings. The Morgan fingerprint density at radius 3 is 2.64 bits per heavy atom. The zero-order valence-corrected chi connectivity index (χ0v) is 14.4. The number of carbonyl (C=O) groups excluding carboxylic acids is 1. The molecule has 0 aromatic heterocycles. The second-order valence-electron chi connectivity index (χ2n) is 7.01. The van der Waals surface area contributed by atoms with Crippen molar-refractivity contribution in [3.05, 3.63) is 0 Å². The van der Waals surface area contributed by atoms with E-state index in [0.29, 0.717) is 6.04 Å². The maximum absolute atomic E-state index is 11.8. The summed E-state index contributed by atoms with van der Waals surface area (Å²) in [5.74, 6) is 2.58. The number of nitrogens with one attached hydrogen (secondary N) is 2. The van der Waals surface area contributed by atoms with Gasteiger partial charge in [0.15, 0.2) is 5.96 Å². The minimum absolute atomic E-state index is 0.0441. The number of aliphatic imine (C=N–C) groups is 1. The van der Waals surface area contributed by atoms with Crippen molar-refractivity contribution in [1.29, 1.82) is 0 Å². The zero-order valence-electron chi connectivity index (χ0n) is 14.4. The van der Waals surface area contributed by atoms with Gasteiger partial charge in [0, 0.05) is 26.7 Å². The Balaban J connectivity index is 1.86. The summed E-state index contributed by atoms with van der Waals surface area (Å²) in [4.78, 5) is 17.8. The van der Waals surface area contributed by atoms with E-state index in [1.165, 1.54) is 38.5 Å². The van der Waals surface area contributed by atoms with E-state index < -0.39 is 0 Å². The van der Waals surface area contributed by atoms with Gasteiger partial charge in [-0.2, -0.15) is 0 Å². The van der Waals surface area contributed by atoms with Crippen LogP contribution in [-0.4, -0.2) is 50.0 Å². The van der Waals surface area contributed by atoms with Gasteiger partial charge in [-0.15, -0.1) is 0 Å². The van der Waals surface area contributed by atoms with Crippen molar-refractivity contribution < 1.29 is 4.79 Å². The number of hydrogen-bond acceptors (Lipinski definition) is 2. The predicted molar refractivity (Wildman–Crippen MR) is 90.9 cm³/mol. The lowest BCUT2D eigenvalue weighted by atomic mass is 9.95. The van der Waals surface area contributed by atoms with Gasteiger partial charge in [0.25, 0.3) is 0 Å². The monoisotopic (exact) mass is 308 g/mol. The summed E-state index contributed by atoms with van der Waals surface area (Å²) < 4.78 is 0. The maximum Gasteiger partial charge on any atom is 0.243 e. The third kappa shape index (κ3) is 4.89. The molecule has 2 saturated carbocycles. The van der Waals surface area contributed by atoms with E-state index >= 15 is 0 Å². The lowest BCUT2D eigenvalue weighted by Crippen LogP contribution is -2.46. The number of fused-ring (bicyclic) bond motifs is 2. The molecule has 2 aliphatic carbocycles. The standard InChI is InChI=1S/C17H32N4O/c1-4-5-6-9-18-17(19-12-16(22)21(2)3)20-15-11-13-7-8-14(15)10-13/h13-15H,4-12H2,1-3H3,(H2,18,19,20). The fraction of sp³-hybridized carbons (Fsp3) is 0.882. The number of nitrogens with zero attached hydrogens (tertiary/aromatic N) is 2. The van der Waals surface area contributed by atoms with E-state index in [-0.39, 0.29) is 12.5 Å². The van der Waals surface area contributed by atoms with Crippen LogP contribution in [0.1, 0.15) is 51.9 Å². The summed E-state index contributed by atoms with van der Waals surface area (Å²) in [5.41, 5.74) is 0. The quantitative estimate of drug-likeness (QED) is 0.430. The first-order valence-electron chi connectivity index (χ1n) is 8.85. The van der Waals surface area contributed by atoms with Crippen LogP contribution in [0.2, 0.25) is 0 Å². The van der Waals surface area contributed by atoms with E-state index in [9.17, 15) is 4.79 Å². The van der Waals surface area contributed by atoms with Gasteiger partial charge in [-0.3, -0.25) is 4.79 Å². The summed E-state index contributed by atoms with van der Waals surface area (Å²) in [6, 6.07) is 0.547. The molecule has 0 spiro atoms. The van der Waals surface area contributed by atoms with Crippen molar-refractivity contribution in [2.24, 2.45) is 16.8 Å². The first-order chi connectivity index (χ1) is 10.6. The van der Waals surface area contributed by atoms with E-state index in [1.807, 2.05) is 0 Å². The van der Waals surface area contributed by atoms with Crippen molar-refractivity contribution in [3.8, 4) is 0 Å². The number of hydrogen-bond donors (Lipinski definition) is 2. The highest BCUT2D eigenvalue weighted by atomic mass is 16.2. The second-order valence-corrected chi connectivity index (χ2v) is 7.01. The topological polar surface area (TPSA) is 56.7 Å². The van der Waals surface area contributed by atoms with Crippen LogP contribution in [0.5, 0.6) is 0 Å². The molecule has 22 heavy (non-hydrogen) atoms. The molecule has 0 heterocycles. The number of unbranched alkanes of at least 4 members (excludes halogenated alkanes) is 2. The van der Waals surface area contributed by atoms with Crippen molar-refractivity contribution in [1.82, 2.24) is 15.5 Å². The van der Waals surface area contributed by atoms with Crippen LogP contribution in [0.25, 0.3) is 0 Å². The van der Waals surface area contributed by atoms with Gasteiger partial charge in [-0.25, -0.2) is 4.99 Å². The number of likely N-dealkylation sites (N-methyl/N-ethyl adjacent to an activating group) is 1. The van der Waals surface area contributed by atoms with Crippen LogP contribution < -0.4 is 10.6 Å². The minimum atomic E-state index is 0.0441. The number of guanidine groups is 1. The highest BCUT2D eigenvalue weighted by Gasteiger charge is 2.39. The molecule has 0 aliphatic heterocycles. The Labute approximate surface area is 134 Å². The lowest BCUT2D eigenvalue weighted by molar-refractivity contribution is -0.127. The lowest BCUT2D eigenvalue weighted by Gasteiger charge is -2.25. The normalized spacial score (nSPS) is 27.0. The van der Waals surface area contributed by atoms with Crippen molar-refractivity contribution in [2.75, 3.05) is 27.2 Å². The van der Waals surface area contributed by atoms with Crippen molar-refractivity contribution in [2.45, 2.75) is 57.9 Å². The van der Waals surface area contributed by atoms with Crippen LogP contribution in [0.3, 0.4) is 0 Å². The van der Waals surface area contributed by atoms with Crippen LogP contribution >= 0.6 is 0 Å². The van der Waals surface area contributed by atoms with Gasteiger partial charge in [0.05, 0.1) is 0 Å². The maximum atomic E-state index is 11.8. The molecule has 0 aromatic rings. The molecule has 5 heteroatoms. The highest BCUT2D eigenvalue weighted by Crippen LogP contribution is 2.44. The minimum Gasteiger partial charge on any atom is -0.356 e. The van der Waals surface area contributed by atoms with Crippen LogP contribution in [0.4, 0.5) is 0 Å². The Kier molecular flexibility index (Phi) is 6.52. The highest BCUT2D eigenvalue weighted by molar-refractivity contribution is 5.85. The zero-order chi connectivity index (χ0) is 15.9. The van der Waals surface area contributed by atoms with E-state index in [4.69, 9.17) is 0 Å². The Morgan fingerprint density at radius 2 is 2.05 bits per heavy atom. The van der Waals surface area contributed by atoms with Gasteiger partial charge in [-0.05, 0) is 37.5 Å². The molecular formula is C17H32N4O. The predicted octanol–water partition coefficient (Wildman–Crippen LogP) is 1.99. The molecule has 2 rings (SSSR count). The molecule has 0 radical (unpaired) electrons. The van der Waals surface area contributed by atoms with Crippen molar-refractivity contribution >= 4 is 11.9 Å². The largest absolute Gasteiger partial charge is 0.356 e. The molecule has 2 N–H and O–H groups in total. The van der Waals surface area contributed by atoms with Gasteiger partial charge < -0.3 is 15.5 Å². The van der Waals surface area contributed by atoms with Crippen LogP contribution in [0, 0.1) is 11.8 Å².